The van der Waals surface area contributed by atoms with Gasteiger partial charge < -0.3 is 10.6 Å². The lowest BCUT2D eigenvalue weighted by molar-refractivity contribution is -0.135. The molecule has 4 heteroatoms. The molecule has 0 spiro atoms. The Kier molecular flexibility index (Phi) is 4.99. The van der Waals surface area contributed by atoms with E-state index in [9.17, 15) is 4.79 Å². The number of rotatable bonds is 5. The van der Waals surface area contributed by atoms with E-state index in [0.29, 0.717) is 18.9 Å². The minimum absolute atomic E-state index is 0.276. The molecule has 0 saturated carbocycles. The number of thiophene rings is 1. The fourth-order valence-corrected chi connectivity index (χ4v) is 3.82. The number of hydrogen-bond donors (Lipinski definition) is 1. The van der Waals surface area contributed by atoms with Crippen LogP contribution in [-0.4, -0.2) is 23.9 Å². The van der Waals surface area contributed by atoms with Gasteiger partial charge in [0, 0.05) is 17.8 Å². The highest BCUT2D eigenvalue weighted by Gasteiger charge is 2.30. The molecule has 0 aromatic carbocycles. The van der Waals surface area contributed by atoms with Gasteiger partial charge in [0.1, 0.15) is 0 Å². The summed E-state index contributed by atoms with van der Waals surface area (Å²) in [6.07, 6.45) is 3.59. The van der Waals surface area contributed by atoms with Gasteiger partial charge in [0.2, 0.25) is 5.91 Å². The summed E-state index contributed by atoms with van der Waals surface area (Å²) in [5.41, 5.74) is 7.09. The minimum Gasteiger partial charge on any atom is -0.335 e. The van der Waals surface area contributed by atoms with Gasteiger partial charge in [-0.25, -0.2) is 0 Å². The molecule has 0 fully saturated rings. The SMILES string of the molecule is CCC(CN)CC(=O)N1CCc2sccc2C1CC. The summed E-state index contributed by atoms with van der Waals surface area (Å²) in [5, 5.41) is 2.15. The molecule has 0 saturated heterocycles. The highest BCUT2D eigenvalue weighted by molar-refractivity contribution is 7.10. The predicted octanol–water partition coefficient (Wildman–Crippen LogP) is 2.96. The quantitative estimate of drug-likeness (QED) is 0.901. The molecule has 2 N–H and O–H groups in total. The lowest BCUT2D eigenvalue weighted by Gasteiger charge is -2.36. The maximum Gasteiger partial charge on any atom is 0.223 e. The van der Waals surface area contributed by atoms with Gasteiger partial charge in [-0.15, -0.1) is 11.3 Å². The molecule has 1 aromatic rings. The lowest BCUT2D eigenvalue weighted by atomic mass is 9.95. The Morgan fingerprint density at radius 2 is 2.37 bits per heavy atom. The Labute approximate surface area is 119 Å². The number of nitrogens with zero attached hydrogens (tertiary/aromatic N) is 1. The number of fused-ring (bicyclic) bond motifs is 1. The second kappa shape index (κ2) is 6.53. The van der Waals surface area contributed by atoms with E-state index in [4.69, 9.17) is 5.73 Å². The normalized spacial score (nSPS) is 20.2. The molecule has 0 radical (unpaired) electrons. The van der Waals surface area contributed by atoms with E-state index in [0.717, 1.165) is 25.8 Å². The molecule has 1 amide bonds. The molecular formula is C15H24N2OS. The fraction of sp³-hybridized carbons (Fsp3) is 0.667. The third-order valence-corrected chi connectivity index (χ3v) is 5.17. The molecule has 19 heavy (non-hydrogen) atoms. The summed E-state index contributed by atoms with van der Waals surface area (Å²) in [5.74, 6) is 0.606. The molecular weight excluding hydrogens is 256 g/mol. The van der Waals surface area contributed by atoms with Crippen molar-refractivity contribution in [3.05, 3.63) is 21.9 Å². The molecule has 1 aliphatic rings. The maximum atomic E-state index is 12.5. The van der Waals surface area contributed by atoms with Crippen LogP contribution >= 0.6 is 11.3 Å². The number of nitrogens with two attached hydrogens (primary N) is 1. The summed E-state index contributed by atoms with van der Waals surface area (Å²) < 4.78 is 0. The van der Waals surface area contributed by atoms with Crippen molar-refractivity contribution < 1.29 is 4.79 Å². The Hall–Kier alpha value is -0.870. The number of carbonyl (C=O) groups is 1. The zero-order chi connectivity index (χ0) is 13.8. The molecule has 2 atom stereocenters. The summed E-state index contributed by atoms with van der Waals surface area (Å²) in [6.45, 7) is 5.75. The molecule has 3 nitrogen and oxygen atoms in total. The van der Waals surface area contributed by atoms with Gasteiger partial charge in [-0.1, -0.05) is 20.3 Å². The number of hydrogen-bond acceptors (Lipinski definition) is 3. The summed E-state index contributed by atoms with van der Waals surface area (Å²) in [7, 11) is 0. The highest BCUT2D eigenvalue weighted by atomic mass is 32.1. The van der Waals surface area contributed by atoms with Crippen LogP contribution in [0.2, 0.25) is 0 Å². The number of carbonyl (C=O) groups excluding carboxylic acids is 1. The zero-order valence-electron chi connectivity index (χ0n) is 11.9. The van der Waals surface area contributed by atoms with Gasteiger partial charge in [0.25, 0.3) is 0 Å². The molecule has 106 valence electrons. The van der Waals surface area contributed by atoms with Crippen LogP contribution in [0.25, 0.3) is 0 Å². The van der Waals surface area contributed by atoms with Gasteiger partial charge >= 0.3 is 0 Å². The second-order valence-corrected chi connectivity index (χ2v) is 6.28. The third kappa shape index (κ3) is 3.00. The first-order valence-corrected chi connectivity index (χ1v) is 8.14. The van der Waals surface area contributed by atoms with Crippen LogP contribution in [0.5, 0.6) is 0 Å². The molecule has 2 unspecified atom stereocenters. The average molecular weight is 280 g/mol. The standard InChI is InChI=1S/C15H24N2OS/c1-3-11(10-16)9-15(18)17-7-5-14-12(6-8-19-14)13(17)4-2/h6,8,11,13H,3-5,7,9-10,16H2,1-2H3. The maximum absolute atomic E-state index is 12.5. The largest absolute Gasteiger partial charge is 0.335 e. The first kappa shape index (κ1) is 14.5. The molecule has 2 heterocycles. The van der Waals surface area contributed by atoms with Gasteiger partial charge in [-0.05, 0) is 42.3 Å². The van der Waals surface area contributed by atoms with Crippen molar-refractivity contribution >= 4 is 17.2 Å². The van der Waals surface area contributed by atoms with Crippen molar-refractivity contribution in [3.63, 3.8) is 0 Å². The lowest BCUT2D eigenvalue weighted by Crippen LogP contribution is -2.40. The van der Waals surface area contributed by atoms with Crippen molar-refractivity contribution in [3.8, 4) is 0 Å². The van der Waals surface area contributed by atoms with E-state index in [1.165, 1.54) is 10.4 Å². The van der Waals surface area contributed by atoms with Gasteiger partial charge in [-0.3, -0.25) is 4.79 Å². The Morgan fingerprint density at radius 3 is 3.00 bits per heavy atom. The topological polar surface area (TPSA) is 46.3 Å². The summed E-state index contributed by atoms with van der Waals surface area (Å²) in [6, 6.07) is 2.46. The third-order valence-electron chi connectivity index (χ3n) is 4.18. The minimum atomic E-state index is 0.276. The smallest absolute Gasteiger partial charge is 0.223 e. The highest BCUT2D eigenvalue weighted by Crippen LogP contribution is 2.35. The van der Waals surface area contributed by atoms with Crippen molar-refractivity contribution in [1.29, 1.82) is 0 Å². The van der Waals surface area contributed by atoms with E-state index in [1.54, 1.807) is 0 Å². The molecule has 0 aliphatic carbocycles. The molecule has 1 aromatic heterocycles. The number of amides is 1. The Morgan fingerprint density at radius 1 is 1.58 bits per heavy atom. The van der Waals surface area contributed by atoms with Crippen molar-refractivity contribution in [2.75, 3.05) is 13.1 Å². The Bertz CT molecular complexity index is 426. The van der Waals surface area contributed by atoms with Crippen molar-refractivity contribution in [2.24, 2.45) is 11.7 Å². The van der Waals surface area contributed by atoms with Gasteiger partial charge in [-0.2, -0.15) is 0 Å². The van der Waals surface area contributed by atoms with E-state index in [2.05, 4.69) is 30.2 Å². The molecule has 0 bridgehead atoms. The van der Waals surface area contributed by atoms with E-state index >= 15 is 0 Å². The van der Waals surface area contributed by atoms with Crippen LogP contribution in [-0.2, 0) is 11.2 Å². The summed E-state index contributed by atoms with van der Waals surface area (Å²) >= 11 is 1.82. The summed E-state index contributed by atoms with van der Waals surface area (Å²) in [4.78, 5) is 16.0. The molecule has 1 aliphatic heterocycles. The fourth-order valence-electron chi connectivity index (χ4n) is 2.89. The first-order valence-electron chi connectivity index (χ1n) is 7.27. The van der Waals surface area contributed by atoms with E-state index in [-0.39, 0.29) is 11.9 Å². The molecule has 2 rings (SSSR count). The monoisotopic (exact) mass is 280 g/mol. The predicted molar refractivity (Wildman–Crippen MR) is 80.2 cm³/mol. The van der Waals surface area contributed by atoms with Gasteiger partial charge in [0.15, 0.2) is 0 Å². The Balaban J connectivity index is 2.10. The first-order chi connectivity index (χ1) is 9.21. The van der Waals surface area contributed by atoms with Crippen LogP contribution in [0, 0.1) is 5.92 Å². The van der Waals surface area contributed by atoms with Crippen LogP contribution in [0.15, 0.2) is 11.4 Å². The van der Waals surface area contributed by atoms with E-state index < -0.39 is 0 Å². The van der Waals surface area contributed by atoms with Crippen molar-refractivity contribution in [2.45, 2.75) is 45.6 Å². The zero-order valence-corrected chi connectivity index (χ0v) is 12.7. The van der Waals surface area contributed by atoms with Crippen molar-refractivity contribution in [1.82, 2.24) is 4.90 Å². The van der Waals surface area contributed by atoms with E-state index in [1.807, 2.05) is 11.3 Å². The van der Waals surface area contributed by atoms with Crippen LogP contribution in [0.3, 0.4) is 0 Å². The van der Waals surface area contributed by atoms with Crippen LogP contribution in [0.1, 0.15) is 49.6 Å². The average Bonchev–Trinajstić information content (AvgIpc) is 2.91. The second-order valence-electron chi connectivity index (χ2n) is 5.27. The van der Waals surface area contributed by atoms with Crippen LogP contribution in [0.4, 0.5) is 0 Å². The van der Waals surface area contributed by atoms with Gasteiger partial charge in [0.05, 0.1) is 6.04 Å². The van der Waals surface area contributed by atoms with Crippen LogP contribution < -0.4 is 5.73 Å².